The van der Waals surface area contributed by atoms with Crippen LogP contribution in [0.5, 0.6) is 5.75 Å². The number of hydrogen-bond acceptors (Lipinski definition) is 9. The van der Waals surface area contributed by atoms with Gasteiger partial charge in [0.15, 0.2) is 5.13 Å². The molecule has 0 aliphatic carbocycles. The highest BCUT2D eigenvalue weighted by Gasteiger charge is 2.52. The number of nitrogens with two attached hydrogens (primary N) is 1. The van der Waals surface area contributed by atoms with E-state index in [-0.39, 0.29) is 69.5 Å². The Morgan fingerprint density at radius 1 is 1.12 bits per heavy atom. The molecule has 48 heavy (non-hydrogen) atoms. The number of carbonyl (C=O) groups is 3. The van der Waals surface area contributed by atoms with Gasteiger partial charge in [0, 0.05) is 25.6 Å². The average molecular weight is 676 g/mol. The van der Waals surface area contributed by atoms with E-state index in [0.717, 1.165) is 26.9 Å². The number of aliphatic hydroxyl groups is 1. The van der Waals surface area contributed by atoms with Crippen LogP contribution in [-0.4, -0.2) is 92.3 Å². The van der Waals surface area contributed by atoms with Crippen LogP contribution in [0.4, 0.5) is 14.3 Å². The molecule has 0 saturated carbocycles. The van der Waals surface area contributed by atoms with Crippen molar-refractivity contribution in [3.63, 3.8) is 0 Å². The molecular formula is C34H38FN7O5S. The molecular weight excluding hydrogens is 637 g/mol. The number of fused-ring (bicyclic) bond motifs is 2. The number of carbonyl (C=O) groups excluding carboxylic acids is 3. The van der Waals surface area contributed by atoms with Crippen LogP contribution in [0.1, 0.15) is 30.5 Å². The molecule has 1 aromatic heterocycles. The Bertz CT molecular complexity index is 1780. The predicted molar refractivity (Wildman–Crippen MR) is 179 cm³/mol. The van der Waals surface area contributed by atoms with Crippen molar-refractivity contribution in [2.75, 3.05) is 32.0 Å². The second kappa shape index (κ2) is 14.1. The number of nitrogen functional groups attached to an aromatic ring is 1. The summed E-state index contributed by atoms with van der Waals surface area (Å²) in [5, 5.41) is 15.7. The predicted octanol–water partition coefficient (Wildman–Crippen LogP) is 3.35. The van der Waals surface area contributed by atoms with Crippen molar-refractivity contribution in [3.05, 3.63) is 89.2 Å². The highest BCUT2D eigenvalue weighted by atomic mass is 32.1. The Labute approximate surface area is 281 Å². The van der Waals surface area contributed by atoms with Crippen LogP contribution < -0.4 is 15.8 Å². The Morgan fingerprint density at radius 3 is 2.56 bits per heavy atom. The highest BCUT2D eigenvalue weighted by molar-refractivity contribution is 7.22. The first-order valence-electron chi connectivity index (χ1n) is 15.8. The summed E-state index contributed by atoms with van der Waals surface area (Å²) in [4.78, 5) is 49.6. The van der Waals surface area contributed by atoms with Crippen LogP contribution in [-0.2, 0) is 29.1 Å². The number of aliphatic hydroxyl groups excluding tert-OH is 1. The van der Waals surface area contributed by atoms with Gasteiger partial charge in [-0.15, -0.1) is 0 Å². The van der Waals surface area contributed by atoms with Gasteiger partial charge in [0.05, 0.1) is 29.9 Å². The summed E-state index contributed by atoms with van der Waals surface area (Å²) in [5.41, 5.74) is 9.14. The van der Waals surface area contributed by atoms with E-state index >= 15 is 0 Å². The van der Waals surface area contributed by atoms with Crippen molar-refractivity contribution in [1.29, 1.82) is 0 Å². The zero-order valence-corrected chi connectivity index (χ0v) is 27.5. The topological polar surface area (TPSA) is 145 Å². The number of rotatable bonds is 11. The number of hydrazine groups is 1. The van der Waals surface area contributed by atoms with Crippen LogP contribution in [0.15, 0.2) is 66.7 Å². The third kappa shape index (κ3) is 6.91. The SMILES string of the molecule is CC(C)N(C(=O)NCc1ccc(F)cc1)N1CC(=O)N2C(Cc3ccc(OCCO)cc3)C(=O)N(Cc3cccc4sc(N)nc34)C[C@@H]21. The molecule has 14 heteroatoms. The zero-order valence-electron chi connectivity index (χ0n) is 26.7. The molecule has 1 unspecified atom stereocenters. The number of benzene rings is 3. The fraction of sp³-hybridized carbons (Fsp3) is 0.353. The van der Waals surface area contributed by atoms with E-state index in [2.05, 4.69) is 10.3 Å². The number of urea groups is 1. The van der Waals surface area contributed by atoms with Crippen LogP contribution in [0, 0.1) is 5.82 Å². The molecule has 3 aromatic carbocycles. The van der Waals surface area contributed by atoms with E-state index in [0.29, 0.717) is 10.9 Å². The van der Waals surface area contributed by atoms with Gasteiger partial charge in [-0.25, -0.2) is 14.2 Å². The van der Waals surface area contributed by atoms with E-state index in [9.17, 15) is 18.8 Å². The lowest BCUT2D eigenvalue weighted by atomic mass is 9.99. The van der Waals surface area contributed by atoms with Gasteiger partial charge in [-0.05, 0) is 60.9 Å². The molecule has 0 radical (unpaired) electrons. The molecule has 0 bridgehead atoms. The van der Waals surface area contributed by atoms with Gasteiger partial charge in [-0.2, -0.15) is 5.01 Å². The van der Waals surface area contributed by atoms with Crippen molar-refractivity contribution >= 4 is 44.5 Å². The highest BCUT2D eigenvalue weighted by Crippen LogP contribution is 2.33. The van der Waals surface area contributed by atoms with Gasteiger partial charge in [-0.3, -0.25) is 14.6 Å². The number of ether oxygens (including phenoxy) is 1. The summed E-state index contributed by atoms with van der Waals surface area (Å²) in [5.74, 6) is -0.247. The first-order chi connectivity index (χ1) is 23.1. The molecule has 4 aromatic rings. The van der Waals surface area contributed by atoms with Crippen LogP contribution in [0.25, 0.3) is 10.2 Å². The largest absolute Gasteiger partial charge is 0.491 e. The second-order valence-corrected chi connectivity index (χ2v) is 13.1. The van der Waals surface area contributed by atoms with Gasteiger partial charge < -0.3 is 30.7 Å². The maximum Gasteiger partial charge on any atom is 0.332 e. The van der Waals surface area contributed by atoms with Crippen LogP contribution in [0.3, 0.4) is 0 Å². The van der Waals surface area contributed by atoms with Gasteiger partial charge >= 0.3 is 6.03 Å². The van der Waals surface area contributed by atoms with Crippen molar-refractivity contribution < 1.29 is 28.6 Å². The summed E-state index contributed by atoms with van der Waals surface area (Å²) in [6.45, 7) is 4.27. The average Bonchev–Trinajstić information content (AvgIpc) is 3.61. The number of thiazole rings is 1. The van der Waals surface area contributed by atoms with Crippen molar-refractivity contribution in [2.45, 2.75) is 51.6 Å². The van der Waals surface area contributed by atoms with Gasteiger partial charge in [0.1, 0.15) is 30.4 Å². The number of aromatic nitrogens is 1. The molecule has 12 nitrogen and oxygen atoms in total. The second-order valence-electron chi connectivity index (χ2n) is 12.1. The van der Waals surface area contributed by atoms with Gasteiger partial charge in [0.2, 0.25) is 11.8 Å². The summed E-state index contributed by atoms with van der Waals surface area (Å²) in [7, 11) is 0. The molecule has 2 saturated heterocycles. The molecule has 3 heterocycles. The first kappa shape index (κ1) is 33.1. The number of anilines is 1. The summed E-state index contributed by atoms with van der Waals surface area (Å²) >= 11 is 1.38. The molecule has 0 spiro atoms. The minimum atomic E-state index is -0.832. The first-order valence-corrected chi connectivity index (χ1v) is 16.6. The Hall–Kier alpha value is -4.79. The van der Waals surface area contributed by atoms with E-state index in [1.54, 1.807) is 39.1 Å². The smallest absolute Gasteiger partial charge is 0.332 e. The Morgan fingerprint density at radius 2 is 1.85 bits per heavy atom. The van der Waals surface area contributed by atoms with E-state index in [1.165, 1.54) is 28.5 Å². The molecule has 4 N–H and O–H groups in total. The lowest BCUT2D eigenvalue weighted by molar-refractivity contribution is -0.158. The fourth-order valence-corrected chi connectivity index (χ4v) is 7.12. The molecule has 252 valence electrons. The number of piperazine rings is 1. The monoisotopic (exact) mass is 675 g/mol. The maximum atomic E-state index is 14.3. The fourth-order valence-electron chi connectivity index (χ4n) is 6.34. The van der Waals surface area contributed by atoms with Crippen molar-refractivity contribution in [1.82, 2.24) is 30.1 Å². The summed E-state index contributed by atoms with van der Waals surface area (Å²) in [6, 6.07) is 17.3. The zero-order chi connectivity index (χ0) is 33.9. The third-order valence-electron chi connectivity index (χ3n) is 8.49. The minimum absolute atomic E-state index is 0.0867. The molecule has 4 amide bonds. The van der Waals surface area contributed by atoms with Crippen LogP contribution >= 0.6 is 11.3 Å². The lowest BCUT2D eigenvalue weighted by Gasteiger charge is -2.47. The number of nitrogens with zero attached hydrogens (tertiary/aromatic N) is 5. The quantitative estimate of drug-likeness (QED) is 0.220. The molecule has 6 rings (SSSR count). The van der Waals surface area contributed by atoms with Crippen LogP contribution in [0.2, 0.25) is 0 Å². The van der Waals surface area contributed by atoms with Crippen molar-refractivity contribution in [2.24, 2.45) is 0 Å². The number of halogens is 1. The van der Waals surface area contributed by atoms with Gasteiger partial charge in [-0.1, -0.05) is 47.7 Å². The van der Waals surface area contributed by atoms with Crippen molar-refractivity contribution in [3.8, 4) is 5.75 Å². The molecule has 2 aliphatic heterocycles. The summed E-state index contributed by atoms with van der Waals surface area (Å²) in [6.07, 6.45) is -0.371. The normalized spacial score (nSPS) is 18.1. The van der Waals surface area contributed by atoms with E-state index in [1.807, 2.05) is 44.2 Å². The number of amides is 4. The summed E-state index contributed by atoms with van der Waals surface area (Å²) < 4.78 is 19.8. The minimum Gasteiger partial charge on any atom is -0.491 e. The Balaban J connectivity index is 1.30. The third-order valence-corrected chi connectivity index (χ3v) is 9.34. The number of para-hydroxylation sites is 1. The number of nitrogens with one attached hydrogen (secondary N) is 1. The molecule has 2 aliphatic rings. The Kier molecular flexibility index (Phi) is 9.76. The van der Waals surface area contributed by atoms with E-state index < -0.39 is 18.2 Å². The van der Waals surface area contributed by atoms with Gasteiger partial charge in [0.25, 0.3) is 0 Å². The van der Waals surface area contributed by atoms with E-state index in [4.69, 9.17) is 15.6 Å². The lowest BCUT2D eigenvalue weighted by Crippen LogP contribution is -2.66. The molecule has 2 fully saturated rings. The standard InChI is InChI=1S/C34H38FN7O5S/c1-21(2)42(34(46)37-17-23-6-10-25(35)11-7-23)40-20-30(44)41-27(16-22-8-12-26(13-9-22)47-15-14-43)32(45)39(19-29(40)41)18-24-4-3-5-28-31(24)38-33(36)48-28/h3-13,21,27,29,43H,14-20H2,1-2H3,(H2,36,38)(H,37,46)/t27?,29-/m1/s1. The number of hydrogen-bond donors (Lipinski definition) is 3. The maximum absolute atomic E-state index is 14.3. The molecule has 2 atom stereocenters.